The van der Waals surface area contributed by atoms with Gasteiger partial charge >= 0.3 is 12.3 Å². The Hall–Kier alpha value is -3.27. The number of hydrogen-bond acceptors (Lipinski definition) is 3. The molecule has 2 aromatic carbocycles. The molecule has 4 nitrogen and oxygen atoms in total. The van der Waals surface area contributed by atoms with Crippen LogP contribution in [0.1, 0.15) is 28.7 Å². The molecule has 0 heterocycles. The Morgan fingerprint density at radius 2 is 1.93 bits per heavy atom. The fourth-order valence-corrected chi connectivity index (χ4v) is 2.26. The highest BCUT2D eigenvalue weighted by Gasteiger charge is 2.32. The molecule has 0 aliphatic rings. The van der Waals surface area contributed by atoms with Crippen LogP contribution in [0.5, 0.6) is 0 Å². The average molecular weight is 374 g/mol. The van der Waals surface area contributed by atoms with Crippen molar-refractivity contribution in [3.05, 3.63) is 76.9 Å². The second-order valence-electron chi connectivity index (χ2n) is 5.59. The molecule has 1 amide bonds. The highest BCUT2D eigenvalue weighted by Crippen LogP contribution is 2.33. The number of benzene rings is 2. The van der Waals surface area contributed by atoms with Crippen molar-refractivity contribution in [3.8, 4) is 6.07 Å². The van der Waals surface area contributed by atoms with Crippen molar-refractivity contribution < 1.29 is 22.7 Å². The van der Waals surface area contributed by atoms with Gasteiger partial charge in [-0.05, 0) is 29.7 Å². The first kappa shape index (κ1) is 20.0. The highest BCUT2D eigenvalue weighted by molar-refractivity contribution is 5.67. The summed E-state index contributed by atoms with van der Waals surface area (Å²) in [5, 5.41) is 11.3. The minimum Gasteiger partial charge on any atom is -0.445 e. The zero-order valence-electron chi connectivity index (χ0n) is 14.3. The molecule has 0 saturated heterocycles. The number of rotatable bonds is 6. The summed E-state index contributed by atoms with van der Waals surface area (Å²) in [6.07, 6.45) is -1.97. The molecule has 0 bridgehead atoms. The van der Waals surface area contributed by atoms with Gasteiger partial charge in [0.1, 0.15) is 6.61 Å². The second kappa shape index (κ2) is 9.43. The molecule has 27 heavy (non-hydrogen) atoms. The Balaban J connectivity index is 1.82. The van der Waals surface area contributed by atoms with Gasteiger partial charge in [-0.1, -0.05) is 48.6 Å². The maximum atomic E-state index is 13.1. The molecule has 0 spiro atoms. The van der Waals surface area contributed by atoms with Crippen molar-refractivity contribution in [2.45, 2.75) is 19.2 Å². The fourth-order valence-electron chi connectivity index (χ4n) is 2.26. The average Bonchev–Trinajstić information content (AvgIpc) is 2.66. The predicted molar refractivity (Wildman–Crippen MR) is 94.4 cm³/mol. The molecule has 2 aromatic rings. The predicted octanol–water partition coefficient (Wildman–Crippen LogP) is 4.91. The maximum absolute atomic E-state index is 13.1. The van der Waals surface area contributed by atoms with Crippen molar-refractivity contribution in [3.63, 3.8) is 0 Å². The lowest BCUT2D eigenvalue weighted by Crippen LogP contribution is -2.24. The zero-order chi connectivity index (χ0) is 19.7. The summed E-state index contributed by atoms with van der Waals surface area (Å²) >= 11 is 0. The molecule has 0 aromatic heterocycles. The van der Waals surface area contributed by atoms with E-state index in [1.165, 1.54) is 24.3 Å². The summed E-state index contributed by atoms with van der Waals surface area (Å²) in [6, 6.07) is 14.3. The van der Waals surface area contributed by atoms with Crippen LogP contribution in [-0.2, 0) is 17.5 Å². The van der Waals surface area contributed by atoms with Gasteiger partial charge in [0.2, 0.25) is 0 Å². The van der Waals surface area contributed by atoms with Gasteiger partial charge in [0, 0.05) is 6.54 Å². The monoisotopic (exact) mass is 374 g/mol. The van der Waals surface area contributed by atoms with Crippen LogP contribution in [0.3, 0.4) is 0 Å². The minimum atomic E-state index is -4.55. The van der Waals surface area contributed by atoms with E-state index < -0.39 is 17.8 Å². The van der Waals surface area contributed by atoms with Crippen molar-refractivity contribution in [1.29, 1.82) is 5.26 Å². The summed E-state index contributed by atoms with van der Waals surface area (Å²) in [7, 11) is 0. The van der Waals surface area contributed by atoms with Gasteiger partial charge in [-0.3, -0.25) is 0 Å². The number of alkyl halides is 3. The van der Waals surface area contributed by atoms with E-state index >= 15 is 0 Å². The van der Waals surface area contributed by atoms with Crippen molar-refractivity contribution >= 4 is 12.2 Å². The number of halogens is 3. The number of nitrogens with zero attached hydrogens (tertiary/aromatic N) is 1. The number of hydrogen-bond donors (Lipinski definition) is 1. The Kier molecular flexibility index (Phi) is 7.00. The first-order chi connectivity index (χ1) is 12.9. The van der Waals surface area contributed by atoms with Gasteiger partial charge in [0.25, 0.3) is 0 Å². The normalized spacial score (nSPS) is 11.2. The van der Waals surface area contributed by atoms with Crippen LogP contribution in [0.25, 0.3) is 6.08 Å². The van der Waals surface area contributed by atoms with E-state index in [9.17, 15) is 18.0 Å². The Bertz CT molecular complexity index is 841. The first-order valence-corrected chi connectivity index (χ1v) is 8.12. The van der Waals surface area contributed by atoms with E-state index in [1.807, 2.05) is 30.3 Å². The van der Waals surface area contributed by atoms with Crippen molar-refractivity contribution in [2.24, 2.45) is 0 Å². The number of nitrogens with one attached hydrogen (secondary N) is 1. The largest absolute Gasteiger partial charge is 0.445 e. The van der Waals surface area contributed by atoms with Crippen LogP contribution < -0.4 is 5.32 Å². The van der Waals surface area contributed by atoms with Gasteiger partial charge in [0.05, 0.1) is 17.2 Å². The fraction of sp³-hybridized carbons (Fsp3) is 0.200. The van der Waals surface area contributed by atoms with Crippen LogP contribution in [0.4, 0.5) is 18.0 Å². The van der Waals surface area contributed by atoms with Crippen molar-refractivity contribution in [2.75, 3.05) is 6.54 Å². The van der Waals surface area contributed by atoms with E-state index in [0.29, 0.717) is 6.42 Å². The molecule has 0 aliphatic heterocycles. The molecule has 2 rings (SSSR count). The van der Waals surface area contributed by atoms with Gasteiger partial charge < -0.3 is 10.1 Å². The SMILES string of the molecule is N#Cc1ccc(C=CCCNC(=O)OCc2ccccc2)c(C(F)(F)F)c1. The summed E-state index contributed by atoms with van der Waals surface area (Å²) < 4.78 is 44.2. The summed E-state index contributed by atoms with van der Waals surface area (Å²) in [5.41, 5.74) is -0.100. The molecule has 0 radical (unpaired) electrons. The number of carbonyl (C=O) groups excluding carboxylic acids is 1. The van der Waals surface area contributed by atoms with Gasteiger partial charge in [-0.15, -0.1) is 0 Å². The number of carbonyl (C=O) groups is 1. The molecule has 1 N–H and O–H groups in total. The van der Waals surface area contributed by atoms with Crippen LogP contribution in [0, 0.1) is 11.3 Å². The van der Waals surface area contributed by atoms with Crippen LogP contribution in [-0.4, -0.2) is 12.6 Å². The second-order valence-corrected chi connectivity index (χ2v) is 5.59. The molecule has 0 saturated carbocycles. The topological polar surface area (TPSA) is 62.1 Å². The lowest BCUT2D eigenvalue weighted by atomic mass is 10.0. The maximum Gasteiger partial charge on any atom is 0.417 e. The molecular weight excluding hydrogens is 357 g/mol. The Labute approximate surface area is 154 Å². The van der Waals surface area contributed by atoms with Crippen LogP contribution in [0.2, 0.25) is 0 Å². The quantitative estimate of drug-likeness (QED) is 0.731. The van der Waals surface area contributed by atoms with E-state index in [2.05, 4.69) is 5.32 Å². The first-order valence-electron chi connectivity index (χ1n) is 8.12. The molecule has 0 unspecified atom stereocenters. The van der Waals surface area contributed by atoms with Gasteiger partial charge in [0.15, 0.2) is 0 Å². The standard InChI is InChI=1S/C20H17F3N2O2/c21-20(22,23)18-12-16(13-24)9-10-17(18)8-4-5-11-25-19(26)27-14-15-6-2-1-3-7-15/h1-4,6-10,12H,5,11,14H2,(H,25,26). The highest BCUT2D eigenvalue weighted by atomic mass is 19.4. The summed E-state index contributed by atoms with van der Waals surface area (Å²) in [5.74, 6) is 0. The van der Waals surface area contributed by atoms with E-state index in [-0.39, 0.29) is 24.3 Å². The Morgan fingerprint density at radius 3 is 2.59 bits per heavy atom. The number of amides is 1. The van der Waals surface area contributed by atoms with E-state index in [4.69, 9.17) is 10.00 Å². The summed E-state index contributed by atoms with van der Waals surface area (Å²) in [4.78, 5) is 11.6. The minimum absolute atomic E-state index is 0.0341. The number of nitriles is 1. The molecular formula is C20H17F3N2O2. The van der Waals surface area contributed by atoms with Crippen molar-refractivity contribution in [1.82, 2.24) is 5.32 Å². The third-order valence-electron chi connectivity index (χ3n) is 3.58. The molecule has 140 valence electrons. The number of ether oxygens (including phenoxy) is 1. The van der Waals surface area contributed by atoms with E-state index in [0.717, 1.165) is 11.6 Å². The lowest BCUT2D eigenvalue weighted by molar-refractivity contribution is -0.137. The lowest BCUT2D eigenvalue weighted by Gasteiger charge is -2.10. The molecule has 0 fully saturated rings. The molecule has 0 atom stereocenters. The smallest absolute Gasteiger partial charge is 0.417 e. The van der Waals surface area contributed by atoms with Gasteiger partial charge in [-0.25, -0.2) is 4.79 Å². The third kappa shape index (κ3) is 6.51. The van der Waals surface area contributed by atoms with Gasteiger partial charge in [-0.2, -0.15) is 18.4 Å². The zero-order valence-corrected chi connectivity index (χ0v) is 14.3. The third-order valence-corrected chi connectivity index (χ3v) is 3.58. The molecule has 0 aliphatic carbocycles. The molecule has 7 heteroatoms. The summed E-state index contributed by atoms with van der Waals surface area (Å²) in [6.45, 7) is 0.366. The Morgan fingerprint density at radius 1 is 1.19 bits per heavy atom. The van der Waals surface area contributed by atoms with E-state index in [1.54, 1.807) is 6.07 Å². The number of alkyl carbamates (subject to hydrolysis) is 1. The van der Waals surface area contributed by atoms with Crippen LogP contribution >= 0.6 is 0 Å². The van der Waals surface area contributed by atoms with Crippen LogP contribution in [0.15, 0.2) is 54.6 Å².